The lowest BCUT2D eigenvalue weighted by atomic mass is 10.2. The van der Waals surface area contributed by atoms with Crippen molar-refractivity contribution in [2.24, 2.45) is 0 Å². The number of thioether (sulfide) groups is 1. The first-order valence-electron chi connectivity index (χ1n) is 6.83. The van der Waals surface area contributed by atoms with Crippen molar-refractivity contribution in [3.8, 4) is 0 Å². The van der Waals surface area contributed by atoms with Crippen LogP contribution in [0, 0.1) is 0 Å². The summed E-state index contributed by atoms with van der Waals surface area (Å²) in [6.45, 7) is 2.94. The van der Waals surface area contributed by atoms with E-state index in [1.54, 1.807) is 12.4 Å². The van der Waals surface area contributed by atoms with Gasteiger partial charge in [0.15, 0.2) is 0 Å². The highest BCUT2D eigenvalue weighted by Gasteiger charge is 2.25. The molecule has 0 unspecified atom stereocenters. The van der Waals surface area contributed by atoms with Crippen LogP contribution in [0.3, 0.4) is 0 Å². The molecule has 1 aliphatic heterocycles. The Bertz CT molecular complexity index is 677. The molecule has 2 aromatic rings. The second-order valence-corrected chi connectivity index (χ2v) is 7.43. The zero-order chi connectivity index (χ0) is 14.8. The number of para-hydroxylation sites is 1. The zero-order valence-electron chi connectivity index (χ0n) is 11.6. The summed E-state index contributed by atoms with van der Waals surface area (Å²) in [5, 5.41) is 0.504. The topological polar surface area (TPSA) is 33.2 Å². The predicted octanol–water partition coefficient (Wildman–Crippen LogP) is 4.38. The van der Waals surface area contributed by atoms with Crippen LogP contribution >= 0.6 is 27.7 Å². The first-order valence-corrected chi connectivity index (χ1v) is 8.50. The number of halogens is 1. The van der Waals surface area contributed by atoms with Crippen LogP contribution in [0.2, 0.25) is 0 Å². The Hall–Kier alpha value is -1.33. The molecule has 1 aliphatic rings. The first-order chi connectivity index (χ1) is 10.1. The smallest absolute Gasteiger partial charge is 0.259 e. The van der Waals surface area contributed by atoms with Crippen LogP contribution in [0.4, 0.5) is 5.69 Å². The molecule has 108 valence electrons. The molecule has 0 spiro atoms. The molecule has 0 saturated heterocycles. The molecule has 0 saturated carbocycles. The van der Waals surface area contributed by atoms with Gasteiger partial charge in [-0.05, 0) is 40.5 Å². The standard InChI is InChI=1S/C16H15BrN2OS/c1-11-6-7-19(14-4-2-3-5-15(14)21-11)16(20)12-8-13(17)10-18-9-12/h2-5,8-11H,6-7H2,1H3/t11-/m1/s1. The minimum Gasteiger partial charge on any atom is -0.307 e. The molecule has 1 aromatic heterocycles. The Morgan fingerprint density at radius 2 is 2.19 bits per heavy atom. The number of fused-ring (bicyclic) bond motifs is 1. The van der Waals surface area contributed by atoms with Crippen LogP contribution in [-0.2, 0) is 0 Å². The maximum absolute atomic E-state index is 12.8. The van der Waals surface area contributed by atoms with E-state index in [4.69, 9.17) is 0 Å². The van der Waals surface area contributed by atoms with Crippen LogP contribution in [0.1, 0.15) is 23.7 Å². The molecule has 0 radical (unpaired) electrons. The van der Waals surface area contributed by atoms with Gasteiger partial charge in [-0.1, -0.05) is 19.1 Å². The number of rotatable bonds is 1. The highest BCUT2D eigenvalue weighted by Crippen LogP contribution is 2.37. The summed E-state index contributed by atoms with van der Waals surface area (Å²) in [6.07, 6.45) is 4.29. The van der Waals surface area contributed by atoms with Crippen molar-refractivity contribution >= 4 is 39.3 Å². The summed E-state index contributed by atoms with van der Waals surface area (Å²) in [5.41, 5.74) is 1.61. The van der Waals surface area contributed by atoms with Gasteiger partial charge in [0.25, 0.3) is 5.91 Å². The van der Waals surface area contributed by atoms with Crippen LogP contribution < -0.4 is 4.90 Å². The predicted molar refractivity (Wildman–Crippen MR) is 90.0 cm³/mol. The molecule has 0 fully saturated rings. The van der Waals surface area contributed by atoms with E-state index in [0.717, 1.165) is 23.1 Å². The molecule has 5 heteroatoms. The average molecular weight is 363 g/mol. The summed E-state index contributed by atoms with van der Waals surface area (Å²) in [6, 6.07) is 9.92. The van der Waals surface area contributed by atoms with E-state index >= 15 is 0 Å². The van der Waals surface area contributed by atoms with Gasteiger partial charge in [0.1, 0.15) is 0 Å². The number of pyridine rings is 1. The highest BCUT2D eigenvalue weighted by atomic mass is 79.9. The van der Waals surface area contributed by atoms with Crippen LogP contribution in [-0.4, -0.2) is 22.7 Å². The third kappa shape index (κ3) is 3.14. The number of carbonyl (C=O) groups is 1. The average Bonchev–Trinajstić information content (AvgIpc) is 2.65. The molecule has 0 bridgehead atoms. The van der Waals surface area contributed by atoms with Gasteiger partial charge in [-0.25, -0.2) is 0 Å². The van der Waals surface area contributed by atoms with Gasteiger partial charge >= 0.3 is 0 Å². The molecule has 1 atom stereocenters. The summed E-state index contributed by atoms with van der Waals surface area (Å²) >= 11 is 5.21. The number of aromatic nitrogens is 1. The Morgan fingerprint density at radius 3 is 3.00 bits per heavy atom. The first kappa shape index (κ1) is 14.6. The van der Waals surface area contributed by atoms with Gasteiger partial charge in [-0.15, -0.1) is 11.8 Å². The van der Waals surface area contributed by atoms with E-state index in [-0.39, 0.29) is 5.91 Å². The monoisotopic (exact) mass is 362 g/mol. The van der Waals surface area contributed by atoms with Crippen molar-refractivity contribution < 1.29 is 4.79 Å². The normalized spacial score (nSPS) is 18.0. The van der Waals surface area contributed by atoms with Crippen molar-refractivity contribution in [2.45, 2.75) is 23.5 Å². The molecule has 1 amide bonds. The van der Waals surface area contributed by atoms with Gasteiger partial charge in [-0.3, -0.25) is 9.78 Å². The molecule has 3 rings (SSSR count). The van der Waals surface area contributed by atoms with Crippen molar-refractivity contribution in [3.05, 3.63) is 52.8 Å². The Morgan fingerprint density at radius 1 is 1.38 bits per heavy atom. The van der Waals surface area contributed by atoms with Gasteiger partial charge in [-0.2, -0.15) is 0 Å². The summed E-state index contributed by atoms with van der Waals surface area (Å²) in [5.74, 6) is 0.00551. The van der Waals surface area contributed by atoms with Gasteiger partial charge in [0.2, 0.25) is 0 Å². The fourth-order valence-corrected chi connectivity index (χ4v) is 3.86. The van der Waals surface area contributed by atoms with Crippen LogP contribution in [0.15, 0.2) is 52.1 Å². The lowest BCUT2D eigenvalue weighted by molar-refractivity contribution is 0.0986. The number of benzene rings is 1. The number of hydrogen-bond donors (Lipinski definition) is 0. The number of nitrogens with zero attached hydrogens (tertiary/aromatic N) is 2. The molecular weight excluding hydrogens is 348 g/mol. The second-order valence-electron chi connectivity index (χ2n) is 5.03. The largest absolute Gasteiger partial charge is 0.307 e. The van der Waals surface area contributed by atoms with E-state index in [2.05, 4.69) is 33.9 Å². The third-order valence-electron chi connectivity index (χ3n) is 3.44. The maximum atomic E-state index is 12.8. The van der Waals surface area contributed by atoms with Gasteiger partial charge in [0, 0.05) is 33.6 Å². The lowest BCUT2D eigenvalue weighted by Crippen LogP contribution is -2.32. The Kier molecular flexibility index (Phi) is 4.31. The van der Waals surface area contributed by atoms with Gasteiger partial charge < -0.3 is 4.90 Å². The number of carbonyl (C=O) groups excluding carboxylic acids is 1. The minimum absolute atomic E-state index is 0.00551. The Labute approximate surface area is 136 Å². The molecule has 2 heterocycles. The molecule has 0 aliphatic carbocycles. The van der Waals surface area contributed by atoms with E-state index in [0.29, 0.717) is 10.8 Å². The maximum Gasteiger partial charge on any atom is 0.259 e. The number of anilines is 1. The second kappa shape index (κ2) is 6.20. The molecule has 3 nitrogen and oxygen atoms in total. The van der Waals surface area contributed by atoms with E-state index < -0.39 is 0 Å². The van der Waals surface area contributed by atoms with Crippen molar-refractivity contribution in [1.82, 2.24) is 4.98 Å². The van der Waals surface area contributed by atoms with Crippen LogP contribution in [0.25, 0.3) is 0 Å². The molecule has 0 N–H and O–H groups in total. The van der Waals surface area contributed by atoms with E-state index in [1.165, 1.54) is 4.90 Å². The van der Waals surface area contributed by atoms with E-state index in [1.807, 2.05) is 40.9 Å². The SMILES string of the molecule is C[C@@H]1CCN(C(=O)c2cncc(Br)c2)c2ccccc2S1. The Balaban J connectivity index is 2.00. The molecule has 1 aromatic carbocycles. The summed E-state index contributed by atoms with van der Waals surface area (Å²) in [4.78, 5) is 20.0. The van der Waals surface area contributed by atoms with Gasteiger partial charge in [0.05, 0.1) is 11.3 Å². The summed E-state index contributed by atoms with van der Waals surface area (Å²) in [7, 11) is 0. The summed E-state index contributed by atoms with van der Waals surface area (Å²) < 4.78 is 0.819. The van der Waals surface area contributed by atoms with Crippen molar-refractivity contribution in [3.63, 3.8) is 0 Å². The zero-order valence-corrected chi connectivity index (χ0v) is 14.0. The number of hydrogen-bond acceptors (Lipinski definition) is 3. The highest BCUT2D eigenvalue weighted by molar-refractivity contribution is 9.10. The fourth-order valence-electron chi connectivity index (χ4n) is 2.38. The van der Waals surface area contributed by atoms with Crippen molar-refractivity contribution in [1.29, 1.82) is 0 Å². The number of amides is 1. The molecule has 21 heavy (non-hydrogen) atoms. The minimum atomic E-state index is 0.00551. The third-order valence-corrected chi connectivity index (χ3v) is 5.11. The van der Waals surface area contributed by atoms with E-state index in [9.17, 15) is 4.79 Å². The van der Waals surface area contributed by atoms with Crippen LogP contribution in [0.5, 0.6) is 0 Å². The lowest BCUT2D eigenvalue weighted by Gasteiger charge is -2.22. The van der Waals surface area contributed by atoms with Crippen molar-refractivity contribution in [2.75, 3.05) is 11.4 Å². The molecular formula is C16H15BrN2OS. The fraction of sp³-hybridized carbons (Fsp3) is 0.250. The quantitative estimate of drug-likeness (QED) is 0.754.